The Kier molecular flexibility index (Phi) is 2.06. The molecule has 70 valence electrons. The molecule has 13 heavy (non-hydrogen) atoms. The lowest BCUT2D eigenvalue weighted by Crippen LogP contribution is -1.94. The van der Waals surface area contributed by atoms with Crippen LogP contribution in [-0.4, -0.2) is 11.9 Å². The second-order valence-electron chi connectivity index (χ2n) is 2.78. The number of fused-ring (bicyclic) bond motifs is 1. The molecule has 1 aromatic carbocycles. The van der Waals surface area contributed by atoms with Crippen LogP contribution in [0.2, 0.25) is 0 Å². The number of hydrogen-bond donors (Lipinski definition) is 1. The van der Waals surface area contributed by atoms with Crippen LogP contribution in [0.1, 0.15) is 11.1 Å². The summed E-state index contributed by atoms with van der Waals surface area (Å²) in [7, 11) is 0. The molecule has 0 fully saturated rings. The standard InChI is InChI=1S/C9H9FO3/c10-3-6-1-7(4-11)9-8(2-6)12-5-13-9/h1-2,11H,3-5H2. The molecule has 1 aromatic rings. The second-order valence-corrected chi connectivity index (χ2v) is 2.78. The molecule has 0 aromatic heterocycles. The highest BCUT2D eigenvalue weighted by atomic mass is 19.1. The number of hydrogen-bond acceptors (Lipinski definition) is 3. The Bertz CT molecular complexity index is 325. The number of alkyl halides is 1. The predicted molar refractivity (Wildman–Crippen MR) is 43.3 cm³/mol. The van der Waals surface area contributed by atoms with Gasteiger partial charge in [0.15, 0.2) is 11.5 Å². The third kappa shape index (κ3) is 1.33. The van der Waals surface area contributed by atoms with Crippen LogP contribution in [0.3, 0.4) is 0 Å². The zero-order chi connectivity index (χ0) is 9.26. The van der Waals surface area contributed by atoms with Crippen molar-refractivity contribution < 1.29 is 19.0 Å². The first-order valence-electron chi connectivity index (χ1n) is 3.93. The van der Waals surface area contributed by atoms with Crippen molar-refractivity contribution >= 4 is 0 Å². The van der Waals surface area contributed by atoms with E-state index in [1.54, 1.807) is 12.1 Å². The summed E-state index contributed by atoms with van der Waals surface area (Å²) in [6.45, 7) is -0.596. The normalized spacial score (nSPS) is 13.4. The van der Waals surface area contributed by atoms with E-state index in [1.165, 1.54) is 0 Å². The summed E-state index contributed by atoms with van der Waals surface area (Å²) in [5.41, 5.74) is 1.07. The van der Waals surface area contributed by atoms with Crippen molar-refractivity contribution in [3.05, 3.63) is 23.3 Å². The quantitative estimate of drug-likeness (QED) is 0.754. The van der Waals surface area contributed by atoms with Crippen molar-refractivity contribution in [2.75, 3.05) is 6.79 Å². The molecule has 0 radical (unpaired) electrons. The van der Waals surface area contributed by atoms with Crippen LogP contribution in [-0.2, 0) is 13.3 Å². The van der Waals surface area contributed by atoms with E-state index in [0.717, 1.165) is 0 Å². The fourth-order valence-electron chi connectivity index (χ4n) is 1.34. The number of benzene rings is 1. The van der Waals surface area contributed by atoms with E-state index in [1.807, 2.05) is 0 Å². The molecule has 0 bridgehead atoms. The lowest BCUT2D eigenvalue weighted by molar-refractivity contribution is 0.171. The van der Waals surface area contributed by atoms with Crippen molar-refractivity contribution in [2.24, 2.45) is 0 Å². The van der Waals surface area contributed by atoms with Gasteiger partial charge in [-0.1, -0.05) is 0 Å². The smallest absolute Gasteiger partial charge is 0.231 e. The van der Waals surface area contributed by atoms with Crippen LogP contribution in [0.5, 0.6) is 11.5 Å². The maximum absolute atomic E-state index is 12.3. The van der Waals surface area contributed by atoms with Gasteiger partial charge in [0.25, 0.3) is 0 Å². The van der Waals surface area contributed by atoms with Crippen LogP contribution >= 0.6 is 0 Å². The zero-order valence-electron chi connectivity index (χ0n) is 6.92. The Balaban J connectivity index is 2.49. The SMILES string of the molecule is OCc1cc(CF)cc2c1OCO2. The topological polar surface area (TPSA) is 38.7 Å². The van der Waals surface area contributed by atoms with Crippen LogP contribution in [0, 0.1) is 0 Å². The Morgan fingerprint density at radius 3 is 2.92 bits per heavy atom. The molecule has 0 atom stereocenters. The first-order chi connectivity index (χ1) is 6.35. The van der Waals surface area contributed by atoms with E-state index in [2.05, 4.69) is 0 Å². The average Bonchev–Trinajstić information content (AvgIpc) is 2.63. The minimum atomic E-state index is -0.566. The first kappa shape index (κ1) is 8.31. The van der Waals surface area contributed by atoms with E-state index in [4.69, 9.17) is 14.6 Å². The van der Waals surface area contributed by atoms with Gasteiger partial charge in [0, 0.05) is 5.56 Å². The van der Waals surface area contributed by atoms with E-state index in [9.17, 15) is 4.39 Å². The Morgan fingerprint density at radius 2 is 2.23 bits per heavy atom. The molecule has 0 saturated heterocycles. The van der Waals surface area contributed by atoms with Crippen LogP contribution in [0.4, 0.5) is 4.39 Å². The van der Waals surface area contributed by atoms with E-state index >= 15 is 0 Å². The summed E-state index contributed by atoms with van der Waals surface area (Å²) in [5.74, 6) is 1.04. The molecule has 3 nitrogen and oxygen atoms in total. The minimum absolute atomic E-state index is 0.137. The van der Waals surface area contributed by atoms with Gasteiger partial charge in [-0.25, -0.2) is 4.39 Å². The van der Waals surface area contributed by atoms with Crippen LogP contribution < -0.4 is 9.47 Å². The number of ether oxygens (including phenoxy) is 2. The molecular weight excluding hydrogens is 175 g/mol. The van der Waals surface area contributed by atoms with Gasteiger partial charge in [-0.05, 0) is 17.7 Å². The molecule has 0 aliphatic carbocycles. The summed E-state index contributed by atoms with van der Waals surface area (Å²) in [5, 5.41) is 8.96. The molecule has 1 aliphatic rings. The number of aliphatic hydroxyl groups is 1. The first-order valence-corrected chi connectivity index (χ1v) is 3.93. The molecule has 0 amide bonds. The Morgan fingerprint density at radius 1 is 1.38 bits per heavy atom. The second kappa shape index (κ2) is 3.22. The molecule has 4 heteroatoms. The lowest BCUT2D eigenvalue weighted by atomic mass is 10.1. The number of rotatable bonds is 2. The summed E-state index contributed by atoms with van der Waals surface area (Å²) in [6, 6.07) is 3.16. The van der Waals surface area contributed by atoms with Gasteiger partial charge in [0.05, 0.1) is 6.61 Å². The molecule has 1 aliphatic heterocycles. The maximum Gasteiger partial charge on any atom is 0.231 e. The van der Waals surface area contributed by atoms with Crippen molar-refractivity contribution in [3.8, 4) is 11.5 Å². The van der Waals surface area contributed by atoms with Crippen molar-refractivity contribution in [1.82, 2.24) is 0 Å². The molecule has 0 spiro atoms. The van der Waals surface area contributed by atoms with Gasteiger partial charge in [-0.3, -0.25) is 0 Å². The van der Waals surface area contributed by atoms with Gasteiger partial charge < -0.3 is 14.6 Å². The fraction of sp³-hybridized carbons (Fsp3) is 0.333. The number of aliphatic hydroxyl groups excluding tert-OH is 1. The van der Waals surface area contributed by atoms with E-state index in [0.29, 0.717) is 22.6 Å². The zero-order valence-corrected chi connectivity index (χ0v) is 6.92. The van der Waals surface area contributed by atoms with Crippen molar-refractivity contribution in [2.45, 2.75) is 13.3 Å². The molecule has 1 N–H and O–H groups in total. The highest BCUT2D eigenvalue weighted by Gasteiger charge is 2.18. The van der Waals surface area contributed by atoms with Crippen molar-refractivity contribution in [3.63, 3.8) is 0 Å². The summed E-state index contributed by atoms with van der Waals surface area (Å²) in [4.78, 5) is 0. The highest BCUT2D eigenvalue weighted by Crippen LogP contribution is 2.36. The molecule has 2 rings (SSSR count). The van der Waals surface area contributed by atoms with Crippen LogP contribution in [0.25, 0.3) is 0 Å². The third-order valence-corrected chi connectivity index (χ3v) is 1.93. The van der Waals surface area contributed by atoms with E-state index in [-0.39, 0.29) is 13.4 Å². The van der Waals surface area contributed by atoms with Crippen LogP contribution in [0.15, 0.2) is 12.1 Å². The maximum atomic E-state index is 12.3. The monoisotopic (exact) mass is 184 g/mol. The van der Waals surface area contributed by atoms with E-state index < -0.39 is 6.67 Å². The summed E-state index contributed by atoms with van der Waals surface area (Å²) in [6.07, 6.45) is 0. The Labute approximate surface area is 74.7 Å². The predicted octanol–water partition coefficient (Wildman–Crippen LogP) is 1.38. The molecule has 1 heterocycles. The largest absolute Gasteiger partial charge is 0.454 e. The summed E-state index contributed by atoms with van der Waals surface area (Å²) >= 11 is 0. The minimum Gasteiger partial charge on any atom is -0.454 e. The number of halogens is 1. The molecule has 0 saturated carbocycles. The van der Waals surface area contributed by atoms with Gasteiger partial charge in [-0.15, -0.1) is 0 Å². The van der Waals surface area contributed by atoms with Crippen molar-refractivity contribution in [1.29, 1.82) is 0 Å². The van der Waals surface area contributed by atoms with Gasteiger partial charge >= 0.3 is 0 Å². The molecule has 0 unspecified atom stereocenters. The third-order valence-electron chi connectivity index (χ3n) is 1.93. The van der Waals surface area contributed by atoms with Gasteiger partial charge in [0.2, 0.25) is 6.79 Å². The fourth-order valence-corrected chi connectivity index (χ4v) is 1.34. The highest BCUT2D eigenvalue weighted by molar-refractivity contribution is 5.50. The van der Waals surface area contributed by atoms with Gasteiger partial charge in [0.1, 0.15) is 6.67 Å². The average molecular weight is 184 g/mol. The Hall–Kier alpha value is -1.29. The molecular formula is C9H9FO3. The lowest BCUT2D eigenvalue weighted by Gasteiger charge is -2.04. The van der Waals surface area contributed by atoms with Gasteiger partial charge in [-0.2, -0.15) is 0 Å². The summed E-state index contributed by atoms with van der Waals surface area (Å²) < 4.78 is 22.5.